The number of hydrogen-bond acceptors (Lipinski definition) is 5. The Morgan fingerprint density at radius 1 is 0.680 bits per heavy atom. The fourth-order valence-electron chi connectivity index (χ4n) is 5.11. The van der Waals surface area contributed by atoms with Gasteiger partial charge in [-0.3, -0.25) is 9.13 Å². The molecule has 0 bridgehead atoms. The molecule has 4 aromatic carbocycles. The van der Waals surface area contributed by atoms with Gasteiger partial charge < -0.3 is 9.84 Å². The van der Waals surface area contributed by atoms with E-state index in [4.69, 9.17) is 51.1 Å². The number of halogens is 6. The number of nitrogens with zero attached hydrogens (tertiary/aromatic N) is 4. The molecule has 50 heavy (non-hydrogen) atoms. The van der Waals surface area contributed by atoms with E-state index in [0.717, 1.165) is 20.3 Å². The summed E-state index contributed by atoms with van der Waals surface area (Å²) in [5, 5.41) is 11.3. The van der Waals surface area contributed by atoms with E-state index in [1.54, 1.807) is 54.8 Å². The molecule has 0 spiro atoms. The van der Waals surface area contributed by atoms with Crippen molar-refractivity contribution in [1.82, 2.24) is 19.1 Å². The molecular formula is C36H26Br2Cl4N4O4. The number of carboxylic acid groups (broad SMARTS) is 1. The standard InChI is InChI=1S/C19H15BrCl2N2O2.C17H11BrCl2N2O2/c1-3-26-19(25)17-11(2)24(14-7-4-12(20)5-8-14)18(23-17)15-9-6-13(21)10-16(15)22;1-9-15(17(23)24)21-16(13-7-4-11(19)8-14(13)20)22(9)12-5-2-10(18)3-6-12/h4-10H,3H2,1-2H3;2-8H,1H3,(H,23,24). The molecule has 6 aromatic rings. The molecule has 0 saturated heterocycles. The Balaban J connectivity index is 0.000000195. The minimum absolute atomic E-state index is 0.0149. The Labute approximate surface area is 324 Å². The molecule has 0 fully saturated rings. The van der Waals surface area contributed by atoms with Gasteiger partial charge in [0.05, 0.1) is 28.0 Å². The summed E-state index contributed by atoms with van der Waals surface area (Å²) in [6, 6.07) is 25.4. The van der Waals surface area contributed by atoms with Gasteiger partial charge in [-0.15, -0.1) is 0 Å². The van der Waals surface area contributed by atoms with E-state index in [1.807, 2.05) is 60.0 Å². The number of carbonyl (C=O) groups excluding carboxylic acids is 1. The van der Waals surface area contributed by atoms with Gasteiger partial charge in [-0.05, 0) is 106 Å². The lowest BCUT2D eigenvalue weighted by atomic mass is 10.2. The minimum Gasteiger partial charge on any atom is -0.476 e. The Bertz CT molecular complexity index is 2220. The van der Waals surface area contributed by atoms with E-state index in [2.05, 4.69) is 41.8 Å². The number of ether oxygens (including phenoxy) is 1. The van der Waals surface area contributed by atoms with Crippen LogP contribution >= 0.6 is 78.3 Å². The van der Waals surface area contributed by atoms with Gasteiger partial charge in [-0.1, -0.05) is 78.3 Å². The highest BCUT2D eigenvalue weighted by Crippen LogP contribution is 2.35. The van der Waals surface area contributed by atoms with Crippen molar-refractivity contribution in [3.05, 3.63) is 137 Å². The maximum Gasteiger partial charge on any atom is 0.358 e. The van der Waals surface area contributed by atoms with Gasteiger partial charge in [0, 0.05) is 41.5 Å². The van der Waals surface area contributed by atoms with E-state index in [9.17, 15) is 14.7 Å². The van der Waals surface area contributed by atoms with Crippen LogP contribution in [-0.4, -0.2) is 42.8 Å². The lowest BCUT2D eigenvalue weighted by Crippen LogP contribution is -2.07. The van der Waals surface area contributed by atoms with Crippen molar-refractivity contribution in [3.8, 4) is 34.2 Å². The van der Waals surface area contributed by atoms with Crippen molar-refractivity contribution >= 4 is 90.2 Å². The Hall–Kier alpha value is -3.64. The highest BCUT2D eigenvalue weighted by Gasteiger charge is 2.24. The van der Waals surface area contributed by atoms with Crippen LogP contribution in [-0.2, 0) is 4.74 Å². The SMILES string of the molecule is CCOC(=O)c1nc(-c2ccc(Cl)cc2Cl)n(-c2ccc(Br)cc2)c1C.Cc1c(C(=O)O)nc(-c2ccc(Cl)cc2Cl)n1-c1ccc(Br)cc1. The van der Waals surface area contributed by atoms with Crippen LogP contribution in [0.15, 0.2) is 93.9 Å². The summed E-state index contributed by atoms with van der Waals surface area (Å²) in [5.74, 6) is -0.551. The third kappa shape index (κ3) is 8.12. The molecule has 0 aliphatic carbocycles. The summed E-state index contributed by atoms with van der Waals surface area (Å²) in [4.78, 5) is 32.7. The molecule has 14 heteroatoms. The van der Waals surface area contributed by atoms with Crippen LogP contribution < -0.4 is 0 Å². The molecule has 0 saturated carbocycles. The topological polar surface area (TPSA) is 99.2 Å². The van der Waals surface area contributed by atoms with Gasteiger partial charge in [-0.25, -0.2) is 19.6 Å². The van der Waals surface area contributed by atoms with Crippen molar-refractivity contribution < 1.29 is 19.4 Å². The number of carbonyl (C=O) groups is 2. The molecule has 0 aliphatic rings. The van der Waals surface area contributed by atoms with Crippen LogP contribution in [0.1, 0.15) is 39.3 Å². The van der Waals surface area contributed by atoms with Crippen molar-refractivity contribution in [3.63, 3.8) is 0 Å². The normalized spacial score (nSPS) is 10.8. The zero-order valence-corrected chi connectivity index (χ0v) is 32.7. The molecule has 256 valence electrons. The first-order valence-electron chi connectivity index (χ1n) is 14.8. The molecule has 0 atom stereocenters. The van der Waals surface area contributed by atoms with Crippen LogP contribution in [0.3, 0.4) is 0 Å². The third-order valence-corrected chi connectivity index (χ3v) is 9.55. The third-order valence-electron chi connectivity index (χ3n) is 7.40. The zero-order chi connectivity index (χ0) is 36.3. The summed E-state index contributed by atoms with van der Waals surface area (Å²) in [6.45, 7) is 5.58. The smallest absolute Gasteiger partial charge is 0.358 e. The van der Waals surface area contributed by atoms with E-state index in [-0.39, 0.29) is 18.0 Å². The molecule has 6 rings (SSSR count). The fourth-order valence-corrected chi connectivity index (χ4v) is 6.63. The minimum atomic E-state index is -1.09. The van der Waals surface area contributed by atoms with Crippen molar-refractivity contribution in [2.45, 2.75) is 20.8 Å². The lowest BCUT2D eigenvalue weighted by Gasteiger charge is -2.12. The number of carboxylic acids is 1. The van der Waals surface area contributed by atoms with E-state index in [0.29, 0.717) is 54.3 Å². The summed E-state index contributed by atoms with van der Waals surface area (Å²) in [6.07, 6.45) is 0. The number of aromatic nitrogens is 4. The second-order valence-electron chi connectivity index (χ2n) is 10.6. The fraction of sp³-hybridized carbons (Fsp3) is 0.111. The highest BCUT2D eigenvalue weighted by molar-refractivity contribution is 9.10. The van der Waals surface area contributed by atoms with Gasteiger partial charge in [-0.2, -0.15) is 0 Å². The second kappa shape index (κ2) is 16.1. The van der Waals surface area contributed by atoms with Crippen LogP contribution in [0.2, 0.25) is 20.1 Å². The number of benzene rings is 4. The number of rotatable bonds is 7. The molecule has 8 nitrogen and oxygen atoms in total. The van der Waals surface area contributed by atoms with Crippen molar-refractivity contribution in [1.29, 1.82) is 0 Å². The van der Waals surface area contributed by atoms with Gasteiger partial charge in [0.2, 0.25) is 0 Å². The quantitative estimate of drug-likeness (QED) is 0.160. The monoisotopic (exact) mass is 876 g/mol. The van der Waals surface area contributed by atoms with Crippen molar-refractivity contribution in [2.24, 2.45) is 0 Å². The molecular weight excluding hydrogens is 854 g/mol. The number of hydrogen-bond donors (Lipinski definition) is 1. The average molecular weight is 880 g/mol. The van der Waals surface area contributed by atoms with E-state index < -0.39 is 11.9 Å². The first-order valence-corrected chi connectivity index (χ1v) is 17.9. The molecule has 0 radical (unpaired) electrons. The first kappa shape index (κ1) is 37.6. The van der Waals surface area contributed by atoms with Crippen LogP contribution in [0.5, 0.6) is 0 Å². The molecule has 0 amide bonds. The van der Waals surface area contributed by atoms with Gasteiger partial charge >= 0.3 is 11.9 Å². The molecule has 2 aromatic heterocycles. The summed E-state index contributed by atoms with van der Waals surface area (Å²) in [7, 11) is 0. The molecule has 0 unspecified atom stereocenters. The number of imidazole rings is 2. The van der Waals surface area contributed by atoms with Gasteiger partial charge in [0.25, 0.3) is 0 Å². The zero-order valence-electron chi connectivity index (χ0n) is 26.5. The maximum atomic E-state index is 12.3. The van der Waals surface area contributed by atoms with Gasteiger partial charge in [0.15, 0.2) is 11.4 Å². The van der Waals surface area contributed by atoms with Gasteiger partial charge in [0.1, 0.15) is 11.6 Å². The predicted octanol–water partition coefficient (Wildman–Crippen LogP) is 11.7. The first-order chi connectivity index (χ1) is 23.8. The summed E-state index contributed by atoms with van der Waals surface area (Å²) in [5.41, 5.74) is 4.37. The molecule has 0 aliphatic heterocycles. The van der Waals surface area contributed by atoms with Crippen LogP contribution in [0, 0.1) is 13.8 Å². The predicted molar refractivity (Wildman–Crippen MR) is 206 cm³/mol. The summed E-state index contributed by atoms with van der Waals surface area (Å²) >= 11 is 31.5. The Morgan fingerprint density at radius 3 is 1.46 bits per heavy atom. The van der Waals surface area contributed by atoms with E-state index in [1.165, 1.54) is 0 Å². The summed E-state index contributed by atoms with van der Waals surface area (Å²) < 4.78 is 10.7. The van der Waals surface area contributed by atoms with E-state index >= 15 is 0 Å². The molecule has 2 heterocycles. The largest absolute Gasteiger partial charge is 0.476 e. The van der Waals surface area contributed by atoms with Crippen LogP contribution in [0.25, 0.3) is 34.2 Å². The highest BCUT2D eigenvalue weighted by atomic mass is 79.9. The Kier molecular flexibility index (Phi) is 12.1. The lowest BCUT2D eigenvalue weighted by molar-refractivity contribution is 0.0518. The number of esters is 1. The Morgan fingerprint density at radius 2 is 1.08 bits per heavy atom. The van der Waals surface area contributed by atoms with Crippen LogP contribution in [0.4, 0.5) is 0 Å². The maximum absolute atomic E-state index is 12.3. The molecule has 1 N–H and O–H groups in total. The number of aromatic carboxylic acids is 1. The second-order valence-corrected chi connectivity index (χ2v) is 14.2. The average Bonchev–Trinajstić information content (AvgIpc) is 3.59. The van der Waals surface area contributed by atoms with Crippen molar-refractivity contribution in [2.75, 3.05) is 6.61 Å².